The monoisotopic (exact) mass is 213 g/mol. The van der Waals surface area contributed by atoms with E-state index < -0.39 is 0 Å². The number of carbonyl (C=O) groups excluding carboxylic acids is 1. The minimum absolute atomic E-state index is 0.223. The smallest absolute Gasteiger partial charge is 0.223 e. The number of hydrogen-bond acceptors (Lipinski definition) is 3. The van der Waals surface area contributed by atoms with Gasteiger partial charge in [-0.05, 0) is 32.9 Å². The zero-order valence-electron chi connectivity index (χ0n) is 9.91. The van der Waals surface area contributed by atoms with Crippen LogP contribution in [0.2, 0.25) is 0 Å². The van der Waals surface area contributed by atoms with Gasteiger partial charge in [-0.1, -0.05) is 0 Å². The third kappa shape index (κ3) is 4.18. The van der Waals surface area contributed by atoms with Crippen molar-refractivity contribution in [3.8, 4) is 0 Å². The highest BCUT2D eigenvalue weighted by molar-refractivity contribution is 5.76. The first-order chi connectivity index (χ1) is 7.13. The summed E-state index contributed by atoms with van der Waals surface area (Å²) < 4.78 is 0. The second kappa shape index (κ2) is 6.08. The lowest BCUT2D eigenvalue weighted by molar-refractivity contribution is -0.132. The minimum Gasteiger partial charge on any atom is -0.343 e. The van der Waals surface area contributed by atoms with Crippen LogP contribution in [0.25, 0.3) is 0 Å². The fourth-order valence-electron chi connectivity index (χ4n) is 2.16. The van der Waals surface area contributed by atoms with Crippen molar-refractivity contribution in [2.75, 3.05) is 40.3 Å². The van der Waals surface area contributed by atoms with Gasteiger partial charge in [0.25, 0.3) is 0 Å². The molecule has 1 rings (SSSR count). The second-order valence-corrected chi connectivity index (χ2v) is 4.63. The minimum atomic E-state index is 0.223. The summed E-state index contributed by atoms with van der Waals surface area (Å²) in [7, 11) is 4.21. The summed E-state index contributed by atoms with van der Waals surface area (Å²) in [6, 6.07) is 0. The van der Waals surface area contributed by atoms with Crippen molar-refractivity contribution in [3.63, 3.8) is 0 Å². The molecule has 1 fully saturated rings. The first kappa shape index (κ1) is 12.5. The molecule has 2 N–H and O–H groups in total. The molecule has 0 radical (unpaired) electrons. The molecule has 1 heterocycles. The Morgan fingerprint density at radius 1 is 1.40 bits per heavy atom. The van der Waals surface area contributed by atoms with Crippen LogP contribution in [0.1, 0.15) is 19.3 Å². The van der Waals surface area contributed by atoms with E-state index in [9.17, 15) is 4.79 Å². The van der Waals surface area contributed by atoms with Crippen molar-refractivity contribution in [1.82, 2.24) is 9.80 Å². The average molecular weight is 213 g/mol. The summed E-state index contributed by atoms with van der Waals surface area (Å²) in [5.74, 6) is 0.975. The van der Waals surface area contributed by atoms with Crippen LogP contribution in [0.4, 0.5) is 0 Å². The van der Waals surface area contributed by atoms with Gasteiger partial charge in [0.1, 0.15) is 0 Å². The van der Waals surface area contributed by atoms with E-state index in [1.807, 2.05) is 4.90 Å². The van der Waals surface area contributed by atoms with Gasteiger partial charge in [-0.15, -0.1) is 0 Å². The summed E-state index contributed by atoms with van der Waals surface area (Å²) >= 11 is 0. The number of carbonyl (C=O) groups is 1. The Morgan fingerprint density at radius 2 is 2.00 bits per heavy atom. The lowest BCUT2D eigenvalue weighted by Crippen LogP contribution is -2.41. The van der Waals surface area contributed by atoms with Crippen LogP contribution in [0.3, 0.4) is 0 Å². The van der Waals surface area contributed by atoms with Crippen molar-refractivity contribution in [1.29, 1.82) is 0 Å². The molecule has 1 aliphatic heterocycles. The van der Waals surface area contributed by atoms with Crippen LogP contribution < -0.4 is 5.73 Å². The number of amides is 1. The fourth-order valence-corrected chi connectivity index (χ4v) is 2.16. The summed E-state index contributed by atoms with van der Waals surface area (Å²) in [5, 5.41) is 0. The number of rotatable bonds is 4. The van der Waals surface area contributed by atoms with E-state index in [0.29, 0.717) is 13.0 Å². The predicted molar refractivity (Wildman–Crippen MR) is 61.5 cm³/mol. The van der Waals surface area contributed by atoms with Crippen LogP contribution in [0, 0.1) is 5.92 Å². The predicted octanol–water partition coefficient (Wildman–Crippen LogP) is 0.135. The average Bonchev–Trinajstić information content (AvgIpc) is 2.18. The van der Waals surface area contributed by atoms with Crippen LogP contribution in [-0.2, 0) is 4.79 Å². The van der Waals surface area contributed by atoms with Gasteiger partial charge in [0.05, 0.1) is 0 Å². The highest BCUT2D eigenvalue weighted by Crippen LogP contribution is 2.18. The Balaban J connectivity index is 2.26. The molecule has 0 aromatic rings. The van der Waals surface area contributed by atoms with Crippen molar-refractivity contribution in [2.24, 2.45) is 11.7 Å². The molecule has 0 aliphatic carbocycles. The topological polar surface area (TPSA) is 49.6 Å². The van der Waals surface area contributed by atoms with Crippen molar-refractivity contribution < 1.29 is 4.79 Å². The maximum absolute atomic E-state index is 11.6. The van der Waals surface area contributed by atoms with Gasteiger partial charge in [0.15, 0.2) is 0 Å². The Hall–Kier alpha value is -0.610. The third-order valence-corrected chi connectivity index (χ3v) is 2.95. The Kier molecular flexibility index (Phi) is 5.05. The van der Waals surface area contributed by atoms with Gasteiger partial charge in [-0.3, -0.25) is 4.79 Å². The summed E-state index contributed by atoms with van der Waals surface area (Å²) in [6.45, 7) is 3.43. The lowest BCUT2D eigenvalue weighted by atomic mass is 9.96. The number of hydrogen-bond donors (Lipinski definition) is 1. The van der Waals surface area contributed by atoms with E-state index in [-0.39, 0.29) is 5.91 Å². The molecule has 15 heavy (non-hydrogen) atoms. The quantitative estimate of drug-likeness (QED) is 0.722. The number of nitrogens with two attached hydrogens (primary N) is 1. The molecule has 1 amide bonds. The number of nitrogens with zero attached hydrogens (tertiary/aromatic N) is 2. The van der Waals surface area contributed by atoms with Crippen molar-refractivity contribution in [3.05, 3.63) is 0 Å². The molecule has 0 aromatic heterocycles. The molecule has 0 bridgehead atoms. The van der Waals surface area contributed by atoms with E-state index in [2.05, 4.69) is 19.0 Å². The van der Waals surface area contributed by atoms with Gasteiger partial charge in [0, 0.05) is 32.6 Å². The molecule has 1 aliphatic rings. The van der Waals surface area contributed by atoms with Gasteiger partial charge >= 0.3 is 0 Å². The van der Waals surface area contributed by atoms with Gasteiger partial charge in [-0.25, -0.2) is 0 Å². The molecule has 0 spiro atoms. The lowest BCUT2D eigenvalue weighted by Gasteiger charge is -2.33. The van der Waals surface area contributed by atoms with E-state index in [4.69, 9.17) is 5.73 Å². The zero-order chi connectivity index (χ0) is 11.3. The molecule has 4 nitrogen and oxygen atoms in total. The second-order valence-electron chi connectivity index (χ2n) is 4.63. The summed E-state index contributed by atoms with van der Waals surface area (Å²) in [4.78, 5) is 15.7. The fraction of sp³-hybridized carbons (Fsp3) is 0.909. The molecular formula is C11H23N3O. The largest absolute Gasteiger partial charge is 0.343 e. The molecule has 0 atom stereocenters. The first-order valence-electron chi connectivity index (χ1n) is 5.76. The zero-order valence-corrected chi connectivity index (χ0v) is 9.91. The van der Waals surface area contributed by atoms with Crippen LogP contribution in [-0.4, -0.2) is 56.0 Å². The molecule has 4 heteroatoms. The van der Waals surface area contributed by atoms with E-state index in [0.717, 1.165) is 38.4 Å². The van der Waals surface area contributed by atoms with Gasteiger partial charge in [-0.2, -0.15) is 0 Å². The molecule has 1 saturated heterocycles. The molecule has 0 unspecified atom stereocenters. The summed E-state index contributed by atoms with van der Waals surface area (Å²) in [5.41, 5.74) is 5.38. The van der Waals surface area contributed by atoms with Gasteiger partial charge < -0.3 is 15.5 Å². The first-order valence-corrected chi connectivity index (χ1v) is 5.76. The highest BCUT2D eigenvalue weighted by atomic mass is 16.2. The summed E-state index contributed by atoms with van der Waals surface area (Å²) in [6.07, 6.45) is 2.77. The molecular weight excluding hydrogens is 190 g/mol. The standard InChI is InChI=1S/C11H23N3O/c1-13(2)9-10-4-7-14(8-5-10)11(15)3-6-12/h10H,3-9,12H2,1-2H3. The molecule has 0 saturated carbocycles. The Morgan fingerprint density at radius 3 is 2.47 bits per heavy atom. The SMILES string of the molecule is CN(C)CC1CCN(C(=O)CCN)CC1. The maximum atomic E-state index is 11.6. The van der Waals surface area contributed by atoms with E-state index >= 15 is 0 Å². The number of likely N-dealkylation sites (tertiary alicyclic amines) is 1. The van der Waals surface area contributed by atoms with Crippen molar-refractivity contribution in [2.45, 2.75) is 19.3 Å². The van der Waals surface area contributed by atoms with E-state index in [1.165, 1.54) is 0 Å². The normalized spacial score (nSPS) is 18.5. The molecule has 0 aromatic carbocycles. The van der Waals surface area contributed by atoms with Crippen LogP contribution in [0.5, 0.6) is 0 Å². The maximum Gasteiger partial charge on any atom is 0.223 e. The van der Waals surface area contributed by atoms with Gasteiger partial charge in [0.2, 0.25) is 5.91 Å². The van der Waals surface area contributed by atoms with Crippen molar-refractivity contribution >= 4 is 5.91 Å². The molecule has 88 valence electrons. The van der Waals surface area contributed by atoms with E-state index in [1.54, 1.807) is 0 Å². The third-order valence-electron chi connectivity index (χ3n) is 2.95. The highest BCUT2D eigenvalue weighted by Gasteiger charge is 2.22. The Bertz CT molecular complexity index is 198. The van der Waals surface area contributed by atoms with Crippen LogP contribution in [0.15, 0.2) is 0 Å². The number of piperidine rings is 1. The Labute approximate surface area is 92.4 Å². The van der Waals surface area contributed by atoms with Crippen LogP contribution >= 0.6 is 0 Å².